The third-order valence-corrected chi connectivity index (χ3v) is 3.42. The molecule has 0 fully saturated rings. The molecule has 1 aromatic rings. The predicted molar refractivity (Wildman–Crippen MR) is 77.0 cm³/mol. The molecule has 0 spiro atoms. The van der Waals surface area contributed by atoms with Crippen molar-refractivity contribution in [1.82, 2.24) is 4.90 Å². The molecule has 0 heterocycles. The molecule has 0 radical (unpaired) electrons. The lowest BCUT2D eigenvalue weighted by molar-refractivity contribution is -0.138. The fourth-order valence-electron chi connectivity index (χ4n) is 2.38. The fraction of sp³-hybridized carbons (Fsp3) is 0.600. The van der Waals surface area contributed by atoms with Gasteiger partial charge in [0.25, 0.3) is 0 Å². The summed E-state index contributed by atoms with van der Waals surface area (Å²) in [7, 11) is 0. The van der Waals surface area contributed by atoms with E-state index in [0.717, 1.165) is 6.07 Å². The fourth-order valence-corrected chi connectivity index (χ4v) is 2.38. The molecule has 0 aliphatic carbocycles. The van der Waals surface area contributed by atoms with Crippen LogP contribution in [0.15, 0.2) is 24.3 Å². The summed E-state index contributed by atoms with van der Waals surface area (Å²) >= 11 is 0. The van der Waals surface area contributed by atoms with E-state index >= 15 is 0 Å². The molecular weight excluding hydrogens is 281 g/mol. The molecule has 0 aliphatic heterocycles. The van der Waals surface area contributed by atoms with Crippen LogP contribution < -0.4 is 5.73 Å². The number of alkyl halides is 3. The van der Waals surface area contributed by atoms with Crippen LogP contribution in [0.4, 0.5) is 13.2 Å². The number of ether oxygens (including phenoxy) is 1. The second-order valence-electron chi connectivity index (χ2n) is 4.66. The van der Waals surface area contributed by atoms with Crippen LogP contribution in [0.5, 0.6) is 0 Å². The highest BCUT2D eigenvalue weighted by molar-refractivity contribution is 5.32. The first-order valence-electron chi connectivity index (χ1n) is 7.13. The maximum absolute atomic E-state index is 13.1. The second-order valence-corrected chi connectivity index (χ2v) is 4.66. The third kappa shape index (κ3) is 4.98. The van der Waals surface area contributed by atoms with Crippen molar-refractivity contribution in [3.05, 3.63) is 35.4 Å². The summed E-state index contributed by atoms with van der Waals surface area (Å²) in [6.45, 7) is 6.16. The average molecular weight is 304 g/mol. The first kappa shape index (κ1) is 17.9. The van der Waals surface area contributed by atoms with Crippen molar-refractivity contribution in [1.29, 1.82) is 0 Å². The average Bonchev–Trinajstić information content (AvgIpc) is 2.46. The van der Waals surface area contributed by atoms with Gasteiger partial charge in [0.05, 0.1) is 12.2 Å². The highest BCUT2D eigenvalue weighted by Gasteiger charge is 2.35. The van der Waals surface area contributed by atoms with Gasteiger partial charge in [-0.3, -0.25) is 4.90 Å². The Balaban J connectivity index is 3.03. The number of halogens is 3. The van der Waals surface area contributed by atoms with E-state index in [0.29, 0.717) is 26.3 Å². The first-order chi connectivity index (χ1) is 9.95. The molecule has 120 valence electrons. The summed E-state index contributed by atoms with van der Waals surface area (Å²) in [6, 6.07) is 5.16. The topological polar surface area (TPSA) is 38.5 Å². The zero-order valence-corrected chi connectivity index (χ0v) is 12.5. The molecule has 1 atom stereocenters. The van der Waals surface area contributed by atoms with E-state index in [9.17, 15) is 13.2 Å². The van der Waals surface area contributed by atoms with Crippen molar-refractivity contribution in [2.75, 3.05) is 32.8 Å². The Morgan fingerprint density at radius 3 is 2.43 bits per heavy atom. The number of nitrogens with two attached hydrogens (primary N) is 1. The highest BCUT2D eigenvalue weighted by atomic mass is 19.4. The molecule has 0 aromatic heterocycles. The minimum absolute atomic E-state index is 0.132. The molecule has 0 aliphatic rings. The lowest BCUT2D eigenvalue weighted by atomic mass is 9.98. The van der Waals surface area contributed by atoms with Crippen molar-refractivity contribution in [2.45, 2.75) is 26.1 Å². The van der Waals surface area contributed by atoms with Crippen LogP contribution in [-0.2, 0) is 10.9 Å². The zero-order valence-electron chi connectivity index (χ0n) is 12.5. The van der Waals surface area contributed by atoms with E-state index in [-0.39, 0.29) is 12.1 Å². The summed E-state index contributed by atoms with van der Waals surface area (Å²) in [4.78, 5) is 1.92. The van der Waals surface area contributed by atoms with Crippen molar-refractivity contribution < 1.29 is 17.9 Å². The molecule has 1 aromatic carbocycles. The van der Waals surface area contributed by atoms with Crippen LogP contribution in [0, 0.1) is 0 Å². The number of benzene rings is 1. The van der Waals surface area contributed by atoms with E-state index in [1.165, 1.54) is 12.1 Å². The smallest absolute Gasteiger partial charge is 0.380 e. The standard InChI is InChI=1S/C15H23F3N2O/c1-3-20(9-10-21-4-2)14(11-19)12-7-5-6-8-13(12)15(16,17)18/h5-8,14H,3-4,9-11,19H2,1-2H3. The van der Waals surface area contributed by atoms with E-state index in [2.05, 4.69) is 0 Å². The molecule has 0 saturated carbocycles. The summed E-state index contributed by atoms with van der Waals surface area (Å²) in [6.07, 6.45) is -4.37. The Labute approximate surface area is 123 Å². The molecule has 1 rings (SSSR count). The molecule has 6 heteroatoms. The molecular formula is C15H23F3N2O. The van der Waals surface area contributed by atoms with Gasteiger partial charge in [-0.05, 0) is 25.1 Å². The van der Waals surface area contributed by atoms with Crippen LogP contribution in [0.25, 0.3) is 0 Å². The Bertz CT molecular complexity index is 424. The summed E-state index contributed by atoms with van der Waals surface area (Å²) < 4.78 is 44.7. The molecule has 3 nitrogen and oxygen atoms in total. The monoisotopic (exact) mass is 304 g/mol. The number of nitrogens with zero attached hydrogens (tertiary/aromatic N) is 1. The number of hydrogen-bond acceptors (Lipinski definition) is 3. The Kier molecular flexibility index (Phi) is 7.14. The van der Waals surface area contributed by atoms with Gasteiger partial charge in [-0.15, -0.1) is 0 Å². The van der Waals surface area contributed by atoms with Gasteiger partial charge in [-0.2, -0.15) is 13.2 Å². The van der Waals surface area contributed by atoms with Crippen molar-refractivity contribution >= 4 is 0 Å². The van der Waals surface area contributed by atoms with Gasteiger partial charge in [0.2, 0.25) is 0 Å². The van der Waals surface area contributed by atoms with Crippen LogP contribution >= 0.6 is 0 Å². The van der Waals surface area contributed by atoms with E-state index in [4.69, 9.17) is 10.5 Å². The maximum atomic E-state index is 13.1. The van der Waals surface area contributed by atoms with E-state index < -0.39 is 17.8 Å². The number of rotatable bonds is 8. The summed E-state index contributed by atoms with van der Waals surface area (Å²) in [5.74, 6) is 0. The molecule has 2 N–H and O–H groups in total. The van der Waals surface area contributed by atoms with Gasteiger partial charge in [0, 0.05) is 25.7 Å². The summed E-state index contributed by atoms with van der Waals surface area (Å²) in [5, 5.41) is 0. The third-order valence-electron chi connectivity index (χ3n) is 3.42. The van der Waals surface area contributed by atoms with Crippen molar-refractivity contribution in [2.24, 2.45) is 5.73 Å². The van der Waals surface area contributed by atoms with E-state index in [1.54, 1.807) is 6.07 Å². The highest BCUT2D eigenvalue weighted by Crippen LogP contribution is 2.35. The van der Waals surface area contributed by atoms with Crippen LogP contribution in [-0.4, -0.2) is 37.7 Å². The Morgan fingerprint density at radius 2 is 1.90 bits per heavy atom. The van der Waals surface area contributed by atoms with Gasteiger partial charge < -0.3 is 10.5 Å². The lowest BCUT2D eigenvalue weighted by Gasteiger charge is -2.31. The van der Waals surface area contributed by atoms with Crippen LogP contribution in [0.2, 0.25) is 0 Å². The second kappa shape index (κ2) is 8.36. The minimum Gasteiger partial charge on any atom is -0.380 e. The van der Waals surface area contributed by atoms with E-state index in [1.807, 2.05) is 18.7 Å². The number of likely N-dealkylation sites (N-methyl/N-ethyl adjacent to an activating group) is 1. The van der Waals surface area contributed by atoms with Gasteiger partial charge in [-0.1, -0.05) is 25.1 Å². The summed E-state index contributed by atoms with van der Waals surface area (Å²) in [5.41, 5.74) is 5.36. The predicted octanol–water partition coefficient (Wildman–Crippen LogP) is 3.06. The molecule has 21 heavy (non-hydrogen) atoms. The van der Waals surface area contributed by atoms with Crippen molar-refractivity contribution in [3.63, 3.8) is 0 Å². The van der Waals surface area contributed by atoms with Crippen molar-refractivity contribution in [3.8, 4) is 0 Å². The number of hydrogen-bond donors (Lipinski definition) is 1. The largest absolute Gasteiger partial charge is 0.416 e. The molecule has 0 amide bonds. The van der Waals surface area contributed by atoms with Gasteiger partial charge >= 0.3 is 6.18 Å². The minimum atomic E-state index is -4.37. The quantitative estimate of drug-likeness (QED) is 0.750. The van der Waals surface area contributed by atoms with Crippen LogP contribution in [0.1, 0.15) is 31.0 Å². The molecule has 0 bridgehead atoms. The van der Waals surface area contributed by atoms with Crippen LogP contribution in [0.3, 0.4) is 0 Å². The Morgan fingerprint density at radius 1 is 1.24 bits per heavy atom. The SMILES string of the molecule is CCOCCN(CC)C(CN)c1ccccc1C(F)(F)F. The van der Waals surface area contributed by atoms with Gasteiger partial charge in [0.1, 0.15) is 0 Å². The van der Waals surface area contributed by atoms with Gasteiger partial charge in [0.15, 0.2) is 0 Å². The van der Waals surface area contributed by atoms with Gasteiger partial charge in [-0.25, -0.2) is 0 Å². The first-order valence-corrected chi connectivity index (χ1v) is 7.13. The zero-order chi connectivity index (χ0) is 15.9. The lowest BCUT2D eigenvalue weighted by Crippen LogP contribution is -2.37. The molecule has 1 unspecified atom stereocenters. The maximum Gasteiger partial charge on any atom is 0.416 e. The normalized spacial score (nSPS) is 13.7. The Hall–Kier alpha value is -1.11. The molecule has 0 saturated heterocycles.